The van der Waals surface area contributed by atoms with Gasteiger partial charge in [0, 0.05) is 37.6 Å². The second kappa shape index (κ2) is 8.73. The molecule has 27 heavy (non-hydrogen) atoms. The lowest BCUT2D eigenvalue weighted by atomic mass is 10.1. The highest BCUT2D eigenvalue weighted by atomic mass is 32.1. The average Bonchev–Trinajstić information content (AvgIpc) is 3.38. The normalized spacial score (nSPS) is 17.2. The van der Waals surface area contributed by atoms with Crippen LogP contribution in [0.1, 0.15) is 35.7 Å². The lowest BCUT2D eigenvalue weighted by Gasteiger charge is -2.38. The fourth-order valence-electron chi connectivity index (χ4n) is 3.79. The molecule has 4 rings (SSSR count). The maximum Gasteiger partial charge on any atom is 0.168 e. The lowest BCUT2D eigenvalue weighted by molar-refractivity contribution is 0.0844. The molecule has 6 nitrogen and oxygen atoms in total. The zero-order valence-corrected chi connectivity index (χ0v) is 16.6. The molecule has 7 heteroatoms. The van der Waals surface area contributed by atoms with E-state index < -0.39 is 0 Å². The molecule has 0 spiro atoms. The fraction of sp³-hybridized carbons (Fsp3) is 0.450. The highest BCUT2D eigenvalue weighted by molar-refractivity contribution is 7.09. The highest BCUT2D eigenvalue weighted by Gasteiger charge is 2.28. The minimum Gasteiger partial charge on any atom is -0.297 e. The molecule has 3 aromatic rings. The van der Waals surface area contributed by atoms with Crippen molar-refractivity contribution >= 4 is 11.3 Å². The van der Waals surface area contributed by atoms with Crippen LogP contribution in [-0.2, 0) is 13.1 Å². The summed E-state index contributed by atoms with van der Waals surface area (Å²) in [6.45, 7) is 8.28. The zero-order valence-electron chi connectivity index (χ0n) is 15.7. The Labute approximate surface area is 164 Å². The van der Waals surface area contributed by atoms with Crippen LogP contribution in [0.4, 0.5) is 0 Å². The number of hydrogen-bond acceptors (Lipinski definition) is 6. The number of nitrogens with zero attached hydrogens (tertiary/aromatic N) is 6. The number of rotatable bonds is 7. The fourth-order valence-corrected chi connectivity index (χ4v) is 4.48. The first kappa shape index (κ1) is 18.3. The summed E-state index contributed by atoms with van der Waals surface area (Å²) in [5, 5.41) is 14.7. The highest BCUT2D eigenvalue weighted by Crippen LogP contribution is 2.24. The molecule has 1 saturated heterocycles. The van der Waals surface area contributed by atoms with Crippen molar-refractivity contribution in [2.24, 2.45) is 0 Å². The molecule has 3 heterocycles. The SMILES string of the molecule is CC[C@@H](c1nnnn1Cc1cccs1)N1CCN(Cc2ccccc2)CC1. The van der Waals surface area contributed by atoms with Gasteiger partial charge in [-0.1, -0.05) is 43.3 Å². The summed E-state index contributed by atoms with van der Waals surface area (Å²) in [7, 11) is 0. The van der Waals surface area contributed by atoms with E-state index in [0.29, 0.717) is 0 Å². The maximum atomic E-state index is 4.38. The molecule has 1 aliphatic heterocycles. The average molecular weight is 383 g/mol. The lowest BCUT2D eigenvalue weighted by Crippen LogP contribution is -2.47. The molecule has 0 unspecified atom stereocenters. The van der Waals surface area contributed by atoms with Gasteiger partial charge in [-0.05, 0) is 33.9 Å². The van der Waals surface area contributed by atoms with E-state index in [1.165, 1.54) is 10.4 Å². The van der Waals surface area contributed by atoms with Crippen molar-refractivity contribution < 1.29 is 0 Å². The predicted octanol–water partition coefficient (Wildman–Crippen LogP) is 3.05. The van der Waals surface area contributed by atoms with E-state index in [1.54, 1.807) is 11.3 Å². The Hall–Kier alpha value is -2.09. The number of piperazine rings is 1. The molecule has 0 N–H and O–H groups in total. The van der Waals surface area contributed by atoms with Gasteiger partial charge in [0.2, 0.25) is 0 Å². The Balaban J connectivity index is 1.39. The summed E-state index contributed by atoms with van der Waals surface area (Å²) in [5.74, 6) is 0.988. The van der Waals surface area contributed by atoms with Crippen molar-refractivity contribution in [3.63, 3.8) is 0 Å². The molecule has 1 atom stereocenters. The summed E-state index contributed by atoms with van der Waals surface area (Å²) in [4.78, 5) is 6.36. The minimum absolute atomic E-state index is 0.277. The van der Waals surface area contributed by atoms with Crippen LogP contribution < -0.4 is 0 Å². The third-order valence-electron chi connectivity index (χ3n) is 5.23. The van der Waals surface area contributed by atoms with E-state index in [2.05, 4.69) is 80.1 Å². The first-order chi connectivity index (χ1) is 13.3. The van der Waals surface area contributed by atoms with E-state index >= 15 is 0 Å². The third-order valence-corrected chi connectivity index (χ3v) is 6.09. The second-order valence-corrected chi connectivity index (χ2v) is 8.03. The Morgan fingerprint density at radius 1 is 1.00 bits per heavy atom. The molecule has 1 aromatic carbocycles. The molecule has 0 saturated carbocycles. The molecule has 0 amide bonds. The van der Waals surface area contributed by atoms with Gasteiger partial charge < -0.3 is 0 Å². The van der Waals surface area contributed by atoms with Crippen molar-refractivity contribution in [1.29, 1.82) is 0 Å². The minimum atomic E-state index is 0.277. The summed E-state index contributed by atoms with van der Waals surface area (Å²) < 4.78 is 1.97. The summed E-state index contributed by atoms with van der Waals surface area (Å²) in [6, 6.07) is 15.2. The Morgan fingerprint density at radius 3 is 2.52 bits per heavy atom. The van der Waals surface area contributed by atoms with Gasteiger partial charge in [0.05, 0.1) is 12.6 Å². The number of thiophene rings is 1. The van der Waals surface area contributed by atoms with Crippen LogP contribution in [0, 0.1) is 0 Å². The molecule has 142 valence electrons. The molecule has 0 radical (unpaired) electrons. The predicted molar refractivity (Wildman–Crippen MR) is 108 cm³/mol. The Morgan fingerprint density at radius 2 is 1.81 bits per heavy atom. The van der Waals surface area contributed by atoms with Gasteiger partial charge >= 0.3 is 0 Å². The number of benzene rings is 1. The second-order valence-electron chi connectivity index (χ2n) is 7.00. The van der Waals surface area contributed by atoms with Crippen LogP contribution >= 0.6 is 11.3 Å². The van der Waals surface area contributed by atoms with E-state index in [1.807, 2.05) is 4.68 Å². The Bertz CT molecular complexity index is 808. The van der Waals surface area contributed by atoms with Gasteiger partial charge in [-0.2, -0.15) is 0 Å². The van der Waals surface area contributed by atoms with Crippen LogP contribution in [0.15, 0.2) is 47.8 Å². The van der Waals surface area contributed by atoms with Gasteiger partial charge in [0.1, 0.15) is 0 Å². The van der Waals surface area contributed by atoms with Gasteiger partial charge in [-0.25, -0.2) is 4.68 Å². The molecule has 0 bridgehead atoms. The third kappa shape index (κ3) is 4.43. The molecule has 1 fully saturated rings. The smallest absolute Gasteiger partial charge is 0.168 e. The van der Waals surface area contributed by atoms with Crippen LogP contribution in [0.25, 0.3) is 0 Å². The van der Waals surface area contributed by atoms with Gasteiger partial charge in [0.15, 0.2) is 5.82 Å². The van der Waals surface area contributed by atoms with Crippen LogP contribution in [0.2, 0.25) is 0 Å². The van der Waals surface area contributed by atoms with Gasteiger partial charge in [-0.3, -0.25) is 9.80 Å². The maximum absolute atomic E-state index is 4.38. The molecule has 2 aromatic heterocycles. The van der Waals surface area contributed by atoms with Crippen LogP contribution in [-0.4, -0.2) is 56.2 Å². The first-order valence-electron chi connectivity index (χ1n) is 9.62. The summed E-state index contributed by atoms with van der Waals surface area (Å²) in [5.41, 5.74) is 1.39. The standard InChI is InChI=1S/C20H26N6S/c1-2-19(20-21-22-23-26(20)16-18-9-6-14-27-18)25-12-10-24(11-13-25)15-17-7-4-3-5-8-17/h3-9,14,19H,2,10-13,15-16H2,1H3/t19-/m0/s1. The van der Waals surface area contributed by atoms with Crippen molar-refractivity contribution in [3.05, 3.63) is 64.1 Å². The van der Waals surface area contributed by atoms with Crippen molar-refractivity contribution in [2.75, 3.05) is 26.2 Å². The number of hydrogen-bond donors (Lipinski definition) is 0. The molecule has 0 aliphatic carbocycles. The topological polar surface area (TPSA) is 50.1 Å². The van der Waals surface area contributed by atoms with Crippen molar-refractivity contribution in [3.8, 4) is 0 Å². The van der Waals surface area contributed by atoms with Gasteiger partial charge in [-0.15, -0.1) is 16.4 Å². The monoisotopic (exact) mass is 382 g/mol. The van der Waals surface area contributed by atoms with Crippen molar-refractivity contribution in [1.82, 2.24) is 30.0 Å². The molecule has 1 aliphatic rings. The van der Waals surface area contributed by atoms with E-state index in [0.717, 1.165) is 51.5 Å². The Kier molecular flexibility index (Phi) is 5.91. The van der Waals surface area contributed by atoms with E-state index in [-0.39, 0.29) is 6.04 Å². The van der Waals surface area contributed by atoms with Crippen molar-refractivity contribution in [2.45, 2.75) is 32.5 Å². The number of aromatic nitrogens is 4. The molecular formula is C20H26N6S. The van der Waals surface area contributed by atoms with Gasteiger partial charge in [0.25, 0.3) is 0 Å². The largest absolute Gasteiger partial charge is 0.297 e. The zero-order chi connectivity index (χ0) is 18.5. The quantitative estimate of drug-likeness (QED) is 0.629. The van der Waals surface area contributed by atoms with Crippen LogP contribution in [0.5, 0.6) is 0 Å². The summed E-state index contributed by atoms with van der Waals surface area (Å²) >= 11 is 1.75. The van der Waals surface area contributed by atoms with E-state index in [4.69, 9.17) is 0 Å². The summed E-state index contributed by atoms with van der Waals surface area (Å²) in [6.07, 6.45) is 1.02. The molecular weight excluding hydrogens is 356 g/mol. The first-order valence-corrected chi connectivity index (χ1v) is 10.5. The van der Waals surface area contributed by atoms with Crippen LogP contribution in [0.3, 0.4) is 0 Å². The number of tetrazole rings is 1. The van der Waals surface area contributed by atoms with E-state index in [9.17, 15) is 0 Å².